The maximum atomic E-state index is 13.4. The van der Waals surface area contributed by atoms with Gasteiger partial charge in [-0.1, -0.05) is 36.4 Å². The quantitative estimate of drug-likeness (QED) is 0.218. The fourth-order valence-corrected chi connectivity index (χ4v) is 3.26. The summed E-state index contributed by atoms with van der Waals surface area (Å²) >= 11 is 0. The lowest BCUT2D eigenvalue weighted by Gasteiger charge is -2.13. The summed E-state index contributed by atoms with van der Waals surface area (Å²) in [5, 5.41) is 18.1. The minimum Gasteiger partial charge on any atom is -0.624 e. The number of benzene rings is 3. The van der Waals surface area contributed by atoms with Crippen LogP contribution < -0.4 is 5.56 Å². The van der Waals surface area contributed by atoms with Gasteiger partial charge in [-0.2, -0.15) is 9.78 Å². The Labute approximate surface area is 172 Å². The molecule has 0 N–H and O–H groups in total. The van der Waals surface area contributed by atoms with E-state index in [1.54, 1.807) is 12.1 Å². The molecule has 0 bridgehead atoms. The molecule has 4 rings (SSSR count). The molecule has 0 saturated heterocycles. The highest BCUT2D eigenvalue weighted by Gasteiger charge is 2.16. The molecule has 0 radical (unpaired) electrons. The van der Waals surface area contributed by atoms with Crippen LogP contribution in [0.25, 0.3) is 27.7 Å². The minimum absolute atomic E-state index is 0.212. The molecule has 0 aliphatic rings. The Bertz CT molecular complexity index is 1310. The van der Waals surface area contributed by atoms with Gasteiger partial charge in [0.05, 0.1) is 11.1 Å². The summed E-state index contributed by atoms with van der Waals surface area (Å²) in [6.45, 7) is 3.63. The molecule has 0 aliphatic heterocycles. The van der Waals surface area contributed by atoms with Crippen LogP contribution >= 0.6 is 0 Å². The predicted molar refractivity (Wildman–Crippen MR) is 117 cm³/mol. The van der Waals surface area contributed by atoms with E-state index < -0.39 is 5.82 Å². The van der Waals surface area contributed by atoms with E-state index in [4.69, 9.17) is 0 Å². The molecule has 0 amide bonds. The Balaban J connectivity index is 2.04. The number of rotatable bonds is 4. The molecule has 30 heavy (non-hydrogen) atoms. The fraction of sp³-hybridized carbons (Fsp3) is 0.125. The monoisotopic (exact) mass is 401 g/mol. The molecule has 4 aromatic rings. The van der Waals surface area contributed by atoms with Crippen molar-refractivity contribution in [1.82, 2.24) is 9.78 Å². The van der Waals surface area contributed by atoms with E-state index in [1.807, 2.05) is 50.2 Å². The summed E-state index contributed by atoms with van der Waals surface area (Å²) in [5.41, 5.74) is 2.16. The molecule has 0 atom stereocenters. The number of nitrogens with zero attached hydrogens (tertiary/aromatic N) is 3. The number of halogens is 1. The summed E-state index contributed by atoms with van der Waals surface area (Å²) < 4.78 is 15.5. The first kappa shape index (κ1) is 19.5. The van der Waals surface area contributed by atoms with Crippen molar-refractivity contribution >= 4 is 17.0 Å². The van der Waals surface area contributed by atoms with Gasteiger partial charge in [-0.25, -0.2) is 9.13 Å². The molecule has 0 saturated carbocycles. The van der Waals surface area contributed by atoms with Gasteiger partial charge in [0.1, 0.15) is 11.5 Å². The van der Waals surface area contributed by atoms with Gasteiger partial charge in [-0.05, 0) is 50.2 Å². The minimum atomic E-state index is -0.392. The second-order valence-corrected chi connectivity index (χ2v) is 7.26. The molecule has 3 aromatic carbocycles. The van der Waals surface area contributed by atoms with E-state index in [9.17, 15) is 14.4 Å². The second kappa shape index (κ2) is 7.91. The second-order valence-electron chi connectivity index (χ2n) is 7.26. The third-order valence-corrected chi connectivity index (χ3v) is 4.87. The maximum absolute atomic E-state index is 13.4. The van der Waals surface area contributed by atoms with Crippen molar-refractivity contribution in [2.24, 2.45) is 0 Å². The average Bonchev–Trinajstić information content (AvgIpc) is 2.75. The molecule has 0 spiro atoms. The first-order chi connectivity index (χ1) is 14.5. The van der Waals surface area contributed by atoms with E-state index >= 15 is 0 Å². The molecule has 0 fully saturated rings. The Morgan fingerprint density at radius 3 is 2.30 bits per heavy atom. The van der Waals surface area contributed by atoms with Crippen LogP contribution in [0, 0.1) is 11.0 Å². The van der Waals surface area contributed by atoms with Crippen molar-refractivity contribution in [3.8, 4) is 16.9 Å². The van der Waals surface area contributed by atoms with Crippen LogP contribution in [-0.2, 0) is 0 Å². The van der Waals surface area contributed by atoms with Crippen LogP contribution in [0.15, 0.2) is 77.6 Å². The van der Waals surface area contributed by atoms with Gasteiger partial charge in [0.25, 0.3) is 5.56 Å². The van der Waals surface area contributed by atoms with Crippen LogP contribution in [0.4, 0.5) is 4.39 Å². The number of fused-ring (bicyclic) bond motifs is 1. The number of hydroxylamine groups is 1. The van der Waals surface area contributed by atoms with Crippen LogP contribution in [-0.4, -0.2) is 26.8 Å². The average molecular weight is 401 g/mol. The molecule has 150 valence electrons. The topological polar surface area (TPSA) is 61.0 Å². The highest BCUT2D eigenvalue weighted by Crippen LogP contribution is 2.27. The third-order valence-electron chi connectivity index (χ3n) is 4.87. The summed E-state index contributed by atoms with van der Waals surface area (Å²) in [5.74, 6) is -0.392. The lowest BCUT2D eigenvalue weighted by molar-refractivity contribution is -0.487. The largest absolute Gasteiger partial charge is 0.624 e. The third kappa shape index (κ3) is 3.59. The molecule has 1 aromatic heterocycles. The Morgan fingerprint density at radius 2 is 1.60 bits per heavy atom. The molecule has 5 nitrogen and oxygen atoms in total. The van der Waals surface area contributed by atoms with Gasteiger partial charge in [0, 0.05) is 16.5 Å². The van der Waals surface area contributed by atoms with E-state index in [0.717, 1.165) is 10.3 Å². The zero-order chi connectivity index (χ0) is 21.3. The van der Waals surface area contributed by atoms with E-state index in [-0.39, 0.29) is 11.6 Å². The van der Waals surface area contributed by atoms with E-state index in [2.05, 4.69) is 5.10 Å². The SMILES string of the molecule is CC(C)/[N+]([O-])=C\c1ccccc1-c1nn(-c2ccc(F)cc2)c(=O)c2ccccc12. The molecular formula is C24H20FN3O2. The molecule has 0 unspecified atom stereocenters. The first-order valence-electron chi connectivity index (χ1n) is 9.63. The number of hydrogen-bond acceptors (Lipinski definition) is 3. The fourth-order valence-electron chi connectivity index (χ4n) is 3.26. The van der Waals surface area contributed by atoms with Gasteiger partial charge in [0.2, 0.25) is 0 Å². The summed E-state index contributed by atoms with van der Waals surface area (Å²) in [4.78, 5) is 13.1. The molecular weight excluding hydrogens is 381 g/mol. The normalized spacial score (nSPS) is 11.9. The van der Waals surface area contributed by atoms with Crippen molar-refractivity contribution in [2.75, 3.05) is 0 Å². The zero-order valence-corrected chi connectivity index (χ0v) is 16.6. The van der Waals surface area contributed by atoms with E-state index in [1.165, 1.54) is 35.2 Å². The van der Waals surface area contributed by atoms with Crippen molar-refractivity contribution in [3.05, 3.63) is 99.7 Å². The van der Waals surface area contributed by atoms with Crippen molar-refractivity contribution < 1.29 is 9.13 Å². The highest BCUT2D eigenvalue weighted by atomic mass is 19.1. The number of hydrogen-bond donors (Lipinski definition) is 0. The molecule has 6 heteroatoms. The first-order valence-corrected chi connectivity index (χ1v) is 9.63. The van der Waals surface area contributed by atoms with Crippen molar-refractivity contribution in [3.63, 3.8) is 0 Å². The lowest BCUT2D eigenvalue weighted by atomic mass is 10.0. The molecule has 1 heterocycles. The van der Waals surface area contributed by atoms with Crippen molar-refractivity contribution in [2.45, 2.75) is 19.9 Å². The standard InChI is InChI=1S/C24H20FN3O2/c1-16(2)27(30)15-17-7-3-4-8-20(17)23-21-9-5-6-10-22(21)24(29)28(26-23)19-13-11-18(25)12-14-19/h3-16H,1-2H3/b27-15+. The smallest absolute Gasteiger partial charge is 0.279 e. The predicted octanol–water partition coefficient (Wildman–Crippen LogP) is 4.53. The lowest BCUT2D eigenvalue weighted by Crippen LogP contribution is -2.22. The summed E-state index contributed by atoms with van der Waals surface area (Å²) in [6.07, 6.45) is 1.53. The van der Waals surface area contributed by atoms with Gasteiger partial charge < -0.3 is 5.21 Å². The van der Waals surface area contributed by atoms with Crippen LogP contribution in [0.2, 0.25) is 0 Å². The van der Waals surface area contributed by atoms with Crippen molar-refractivity contribution in [1.29, 1.82) is 0 Å². The Morgan fingerprint density at radius 1 is 0.967 bits per heavy atom. The van der Waals surface area contributed by atoms with Crippen LogP contribution in [0.5, 0.6) is 0 Å². The van der Waals surface area contributed by atoms with Gasteiger partial charge in [-0.15, -0.1) is 0 Å². The summed E-state index contributed by atoms with van der Waals surface area (Å²) in [6, 6.07) is 20.0. The number of aromatic nitrogens is 2. The zero-order valence-electron chi connectivity index (χ0n) is 16.6. The van der Waals surface area contributed by atoms with Gasteiger partial charge >= 0.3 is 0 Å². The Kier molecular flexibility index (Phi) is 5.14. The Hall–Kier alpha value is -3.80. The van der Waals surface area contributed by atoms with Gasteiger partial charge in [-0.3, -0.25) is 4.79 Å². The highest BCUT2D eigenvalue weighted by molar-refractivity contribution is 5.98. The molecule has 0 aliphatic carbocycles. The maximum Gasteiger partial charge on any atom is 0.279 e. The van der Waals surface area contributed by atoms with Crippen LogP contribution in [0.1, 0.15) is 19.4 Å². The summed E-state index contributed by atoms with van der Waals surface area (Å²) in [7, 11) is 0. The van der Waals surface area contributed by atoms with E-state index in [0.29, 0.717) is 27.7 Å². The van der Waals surface area contributed by atoms with Crippen LogP contribution in [0.3, 0.4) is 0 Å². The van der Waals surface area contributed by atoms with Gasteiger partial charge in [0.15, 0.2) is 12.3 Å².